The zero-order valence-corrected chi connectivity index (χ0v) is 16.7. The second kappa shape index (κ2) is 7.45. The van der Waals surface area contributed by atoms with Crippen molar-refractivity contribution in [3.8, 4) is 5.75 Å². The average molecular weight is 405 g/mol. The Balaban J connectivity index is 1.57. The van der Waals surface area contributed by atoms with Crippen LogP contribution in [0.25, 0.3) is 10.9 Å². The Morgan fingerprint density at radius 2 is 2.00 bits per heavy atom. The Morgan fingerprint density at radius 1 is 1.14 bits per heavy atom. The van der Waals surface area contributed by atoms with Crippen molar-refractivity contribution < 1.29 is 9.53 Å². The first kappa shape index (κ1) is 18.1. The maximum atomic E-state index is 13.1. The number of rotatable bonds is 2. The van der Waals surface area contributed by atoms with Crippen molar-refractivity contribution in [2.24, 2.45) is 0 Å². The smallest absolute Gasteiger partial charge is 0.410 e. The number of hydrogen-bond donors (Lipinski definition) is 1. The number of ether oxygens (including phenoxy) is 1. The highest BCUT2D eigenvalue weighted by molar-refractivity contribution is 6.31. The summed E-state index contributed by atoms with van der Waals surface area (Å²) >= 11 is 6.25. The maximum Gasteiger partial charge on any atom is 0.416 e. The molecule has 0 saturated carbocycles. The van der Waals surface area contributed by atoms with Crippen molar-refractivity contribution in [3.63, 3.8) is 0 Å². The molecule has 1 aliphatic carbocycles. The summed E-state index contributed by atoms with van der Waals surface area (Å²) in [5.41, 5.74) is 4.58. The molecule has 5 rings (SSSR count). The van der Waals surface area contributed by atoms with E-state index in [9.17, 15) is 4.79 Å². The van der Waals surface area contributed by atoms with Crippen molar-refractivity contribution in [2.75, 3.05) is 6.54 Å². The van der Waals surface area contributed by atoms with E-state index in [2.05, 4.69) is 23.2 Å². The van der Waals surface area contributed by atoms with Crippen LogP contribution >= 0.6 is 11.6 Å². The SMILES string of the molecule is O=C(Oc1ccccc1)N1CCc2c([nH]c3ccc(Cl)cc23)C1C1=CC=CCC1. The summed E-state index contributed by atoms with van der Waals surface area (Å²) in [6, 6.07) is 15.0. The van der Waals surface area contributed by atoms with E-state index in [1.54, 1.807) is 12.1 Å². The fraction of sp³-hybridized carbons (Fsp3) is 0.208. The normalized spacial score (nSPS) is 18.4. The molecule has 5 heteroatoms. The lowest BCUT2D eigenvalue weighted by Crippen LogP contribution is -2.42. The van der Waals surface area contributed by atoms with Gasteiger partial charge in [-0.05, 0) is 60.7 Å². The molecule has 0 bridgehead atoms. The molecule has 3 aromatic rings. The Hall–Kier alpha value is -2.98. The number of para-hydroxylation sites is 1. The molecular weight excluding hydrogens is 384 g/mol. The first-order valence-electron chi connectivity index (χ1n) is 9.90. The highest BCUT2D eigenvalue weighted by Crippen LogP contribution is 2.41. The first-order chi connectivity index (χ1) is 14.2. The zero-order valence-electron chi connectivity index (χ0n) is 15.9. The van der Waals surface area contributed by atoms with Gasteiger partial charge in [-0.2, -0.15) is 0 Å². The summed E-state index contributed by atoms with van der Waals surface area (Å²) in [6.45, 7) is 0.601. The topological polar surface area (TPSA) is 45.3 Å². The van der Waals surface area contributed by atoms with E-state index in [-0.39, 0.29) is 12.1 Å². The average Bonchev–Trinajstić information content (AvgIpc) is 3.12. The van der Waals surface area contributed by atoms with Gasteiger partial charge in [0.1, 0.15) is 5.75 Å². The van der Waals surface area contributed by atoms with E-state index in [0.717, 1.165) is 40.9 Å². The Labute approximate surface area is 174 Å². The van der Waals surface area contributed by atoms with Crippen LogP contribution in [-0.4, -0.2) is 22.5 Å². The van der Waals surface area contributed by atoms with Gasteiger partial charge in [-0.3, -0.25) is 4.90 Å². The van der Waals surface area contributed by atoms with E-state index in [4.69, 9.17) is 16.3 Å². The molecule has 1 unspecified atom stereocenters. The zero-order chi connectivity index (χ0) is 19.8. The van der Waals surface area contributed by atoms with E-state index in [1.165, 1.54) is 11.1 Å². The van der Waals surface area contributed by atoms with Crippen LogP contribution in [0.3, 0.4) is 0 Å². The van der Waals surface area contributed by atoms with Crippen molar-refractivity contribution in [2.45, 2.75) is 25.3 Å². The Morgan fingerprint density at radius 3 is 2.79 bits per heavy atom. The molecule has 0 saturated heterocycles. The Kier molecular flexibility index (Phi) is 4.64. The summed E-state index contributed by atoms with van der Waals surface area (Å²) < 4.78 is 5.69. The molecule has 29 heavy (non-hydrogen) atoms. The van der Waals surface area contributed by atoms with Crippen LogP contribution in [0.4, 0.5) is 4.79 Å². The van der Waals surface area contributed by atoms with Gasteiger partial charge in [0.25, 0.3) is 0 Å². The molecule has 1 aromatic heterocycles. The van der Waals surface area contributed by atoms with E-state index >= 15 is 0 Å². The number of nitrogens with one attached hydrogen (secondary N) is 1. The van der Waals surface area contributed by atoms with Gasteiger partial charge >= 0.3 is 6.09 Å². The highest BCUT2D eigenvalue weighted by atomic mass is 35.5. The molecule has 2 aliphatic rings. The number of nitrogens with zero attached hydrogens (tertiary/aromatic N) is 1. The van der Waals surface area contributed by atoms with Gasteiger partial charge in [0.05, 0.1) is 6.04 Å². The lowest BCUT2D eigenvalue weighted by Gasteiger charge is -2.37. The molecule has 0 radical (unpaired) electrons. The molecule has 1 atom stereocenters. The molecule has 1 N–H and O–H groups in total. The number of fused-ring (bicyclic) bond motifs is 3. The summed E-state index contributed by atoms with van der Waals surface area (Å²) in [7, 11) is 0. The molecule has 2 heterocycles. The molecule has 0 fully saturated rings. The van der Waals surface area contributed by atoms with Gasteiger partial charge in [0.2, 0.25) is 0 Å². The summed E-state index contributed by atoms with van der Waals surface area (Å²) in [6.07, 6.45) is 8.71. The maximum absolute atomic E-state index is 13.1. The third kappa shape index (κ3) is 3.34. The van der Waals surface area contributed by atoms with Gasteiger partial charge in [-0.15, -0.1) is 0 Å². The van der Waals surface area contributed by atoms with Gasteiger partial charge in [-0.25, -0.2) is 4.79 Å². The van der Waals surface area contributed by atoms with Crippen LogP contribution in [0, 0.1) is 0 Å². The standard InChI is InChI=1S/C24H21ClN2O2/c25-17-11-12-21-20(15-17)19-13-14-27(24(28)29-18-9-5-2-6-10-18)23(22(19)26-21)16-7-3-1-4-8-16/h1-3,5-7,9-12,15,23,26H,4,8,13-14H2. The summed E-state index contributed by atoms with van der Waals surface area (Å²) in [5.74, 6) is 0.558. The van der Waals surface area contributed by atoms with E-state index < -0.39 is 0 Å². The minimum Gasteiger partial charge on any atom is -0.410 e. The van der Waals surface area contributed by atoms with Crippen LogP contribution in [-0.2, 0) is 6.42 Å². The van der Waals surface area contributed by atoms with Gasteiger partial charge < -0.3 is 9.72 Å². The predicted molar refractivity (Wildman–Crippen MR) is 115 cm³/mol. The fourth-order valence-electron chi connectivity index (χ4n) is 4.34. The molecule has 0 spiro atoms. The number of carbonyl (C=O) groups excluding carboxylic acids is 1. The summed E-state index contributed by atoms with van der Waals surface area (Å²) in [4.78, 5) is 18.5. The molecule has 1 amide bonds. The minimum atomic E-state index is -0.320. The number of benzene rings is 2. The second-order valence-corrected chi connectivity index (χ2v) is 7.88. The fourth-order valence-corrected chi connectivity index (χ4v) is 4.51. The molecular formula is C24H21ClN2O2. The van der Waals surface area contributed by atoms with Crippen molar-refractivity contribution in [1.29, 1.82) is 0 Å². The van der Waals surface area contributed by atoms with Crippen LogP contribution < -0.4 is 4.74 Å². The van der Waals surface area contributed by atoms with Crippen LogP contribution in [0.15, 0.2) is 72.3 Å². The number of allylic oxidation sites excluding steroid dienone is 3. The van der Waals surface area contributed by atoms with Gasteiger partial charge in [0.15, 0.2) is 0 Å². The number of aromatic amines is 1. The van der Waals surface area contributed by atoms with E-state index in [0.29, 0.717) is 12.3 Å². The monoisotopic (exact) mass is 404 g/mol. The van der Waals surface area contributed by atoms with Gasteiger partial charge in [0, 0.05) is 28.2 Å². The van der Waals surface area contributed by atoms with Gasteiger partial charge in [-0.1, -0.05) is 48.0 Å². The van der Waals surface area contributed by atoms with Crippen LogP contribution in [0.5, 0.6) is 5.75 Å². The quantitative estimate of drug-likeness (QED) is 0.553. The number of amides is 1. The van der Waals surface area contributed by atoms with Crippen LogP contribution in [0.2, 0.25) is 5.02 Å². The lowest BCUT2D eigenvalue weighted by molar-refractivity contribution is 0.133. The number of H-pyrrole nitrogens is 1. The molecule has 2 aromatic carbocycles. The summed E-state index contributed by atoms with van der Waals surface area (Å²) in [5, 5.41) is 1.86. The van der Waals surface area contributed by atoms with Crippen LogP contribution in [0.1, 0.15) is 30.1 Å². The number of aromatic nitrogens is 1. The predicted octanol–water partition coefficient (Wildman–Crippen LogP) is 6.20. The number of hydrogen-bond acceptors (Lipinski definition) is 2. The second-order valence-electron chi connectivity index (χ2n) is 7.44. The minimum absolute atomic E-state index is 0.161. The molecule has 4 nitrogen and oxygen atoms in total. The Bertz CT molecular complexity index is 1130. The van der Waals surface area contributed by atoms with E-state index in [1.807, 2.05) is 41.3 Å². The first-order valence-corrected chi connectivity index (χ1v) is 10.3. The van der Waals surface area contributed by atoms with Crippen molar-refractivity contribution >= 4 is 28.6 Å². The largest absolute Gasteiger partial charge is 0.416 e. The third-order valence-corrected chi connectivity index (χ3v) is 5.90. The highest BCUT2D eigenvalue weighted by Gasteiger charge is 2.36. The van der Waals surface area contributed by atoms with Crippen molar-refractivity contribution in [3.05, 3.63) is 88.6 Å². The molecule has 1 aliphatic heterocycles. The number of halogens is 1. The van der Waals surface area contributed by atoms with Crippen molar-refractivity contribution in [1.82, 2.24) is 9.88 Å². The lowest BCUT2D eigenvalue weighted by atomic mass is 9.88. The number of carbonyl (C=O) groups is 1. The third-order valence-electron chi connectivity index (χ3n) is 5.67. The molecule has 146 valence electrons.